The number of rotatable bonds is 3. The Bertz CT molecular complexity index is 469. The van der Waals surface area contributed by atoms with Crippen LogP contribution in [0.5, 0.6) is 0 Å². The number of hydrogen-bond acceptors (Lipinski definition) is 1. The van der Waals surface area contributed by atoms with Crippen LogP contribution in [-0.2, 0) is 4.79 Å². The molecule has 1 unspecified atom stereocenters. The minimum Gasteiger partial charge on any atom is -0.333 e. The molecule has 8 heteroatoms. The molecule has 0 heterocycles. The summed E-state index contributed by atoms with van der Waals surface area (Å²) in [6.45, 7) is 1.50. The fraction of sp³-hybridized carbons (Fsp3) is 0.417. The van der Waals surface area contributed by atoms with E-state index < -0.39 is 35.3 Å². The smallest absolute Gasteiger partial charge is 0.333 e. The van der Waals surface area contributed by atoms with Gasteiger partial charge in [0, 0.05) is 12.6 Å². The SMILES string of the molecule is CCC(=O)NC=CC1=C(C(F)(F)F)C=CC1C(F)(F)F. The summed E-state index contributed by atoms with van der Waals surface area (Å²) in [5, 5.41) is 2.09. The number of alkyl halides is 6. The molecule has 20 heavy (non-hydrogen) atoms. The van der Waals surface area contributed by atoms with Crippen LogP contribution in [0.2, 0.25) is 0 Å². The molecule has 1 atom stereocenters. The molecule has 1 aliphatic rings. The van der Waals surface area contributed by atoms with Gasteiger partial charge in [-0.2, -0.15) is 26.3 Å². The average Bonchev–Trinajstić information content (AvgIpc) is 2.72. The van der Waals surface area contributed by atoms with Crippen molar-refractivity contribution in [1.82, 2.24) is 5.32 Å². The second kappa shape index (κ2) is 5.72. The Hall–Kier alpha value is -1.73. The maximum atomic E-state index is 12.7. The van der Waals surface area contributed by atoms with Crippen molar-refractivity contribution in [2.75, 3.05) is 0 Å². The Kier molecular flexibility index (Phi) is 4.67. The van der Waals surface area contributed by atoms with E-state index in [4.69, 9.17) is 0 Å². The van der Waals surface area contributed by atoms with Crippen LogP contribution in [0.25, 0.3) is 0 Å². The van der Waals surface area contributed by atoms with Crippen LogP contribution in [0.1, 0.15) is 13.3 Å². The molecule has 0 spiro atoms. The minimum absolute atomic E-state index is 0.0659. The lowest BCUT2D eigenvalue weighted by molar-refractivity contribution is -0.150. The molecule has 0 aromatic rings. The summed E-state index contributed by atoms with van der Waals surface area (Å²) in [5.74, 6) is -2.83. The van der Waals surface area contributed by atoms with Gasteiger partial charge in [-0.25, -0.2) is 0 Å². The number of hydrogen-bond donors (Lipinski definition) is 1. The third-order valence-corrected chi connectivity index (χ3v) is 2.59. The predicted octanol–water partition coefficient (Wildman–Crippen LogP) is 3.63. The highest BCUT2D eigenvalue weighted by atomic mass is 19.4. The van der Waals surface area contributed by atoms with Gasteiger partial charge >= 0.3 is 12.4 Å². The first-order valence-corrected chi connectivity index (χ1v) is 5.59. The summed E-state index contributed by atoms with van der Waals surface area (Å²) < 4.78 is 75.8. The lowest BCUT2D eigenvalue weighted by Gasteiger charge is -2.17. The highest BCUT2D eigenvalue weighted by Gasteiger charge is 2.47. The molecular formula is C12H11F6NO. The van der Waals surface area contributed by atoms with Crippen molar-refractivity contribution in [1.29, 1.82) is 0 Å². The summed E-state index contributed by atoms with van der Waals surface area (Å²) in [7, 11) is 0. The normalized spacial score (nSPS) is 20.1. The summed E-state index contributed by atoms with van der Waals surface area (Å²) in [6.07, 6.45) is -7.36. The Morgan fingerprint density at radius 2 is 1.90 bits per heavy atom. The lowest BCUT2D eigenvalue weighted by Crippen LogP contribution is -2.23. The van der Waals surface area contributed by atoms with E-state index in [2.05, 4.69) is 5.32 Å². The van der Waals surface area contributed by atoms with Gasteiger partial charge in [0.25, 0.3) is 0 Å². The first-order valence-electron chi connectivity index (χ1n) is 5.59. The number of allylic oxidation sites excluding steroid dienone is 5. The van der Waals surface area contributed by atoms with E-state index in [9.17, 15) is 31.1 Å². The third kappa shape index (κ3) is 3.88. The van der Waals surface area contributed by atoms with Crippen molar-refractivity contribution in [2.24, 2.45) is 5.92 Å². The largest absolute Gasteiger partial charge is 0.416 e. The molecule has 0 aromatic heterocycles. The van der Waals surface area contributed by atoms with Gasteiger partial charge < -0.3 is 5.32 Å². The predicted molar refractivity (Wildman–Crippen MR) is 59.3 cm³/mol. The molecule has 0 bridgehead atoms. The second-order valence-corrected chi connectivity index (χ2v) is 4.00. The van der Waals surface area contributed by atoms with E-state index in [0.29, 0.717) is 18.2 Å². The minimum atomic E-state index is -4.88. The fourth-order valence-electron chi connectivity index (χ4n) is 1.62. The summed E-state index contributed by atoms with van der Waals surface area (Å²) >= 11 is 0. The number of nitrogens with one attached hydrogen (secondary N) is 1. The van der Waals surface area contributed by atoms with Crippen LogP contribution in [0, 0.1) is 5.92 Å². The van der Waals surface area contributed by atoms with Crippen LogP contribution in [0.3, 0.4) is 0 Å². The van der Waals surface area contributed by atoms with E-state index in [1.165, 1.54) is 6.92 Å². The maximum absolute atomic E-state index is 12.7. The van der Waals surface area contributed by atoms with Gasteiger partial charge in [0.05, 0.1) is 11.5 Å². The molecule has 2 nitrogen and oxygen atoms in total. The molecule has 0 aromatic carbocycles. The van der Waals surface area contributed by atoms with Crippen LogP contribution >= 0.6 is 0 Å². The third-order valence-electron chi connectivity index (χ3n) is 2.59. The highest BCUT2D eigenvalue weighted by molar-refractivity contribution is 5.76. The molecule has 1 aliphatic carbocycles. The second-order valence-electron chi connectivity index (χ2n) is 4.00. The first kappa shape index (κ1) is 16.3. The summed E-state index contributed by atoms with van der Waals surface area (Å²) in [6, 6.07) is 0. The molecule has 0 fully saturated rings. The van der Waals surface area contributed by atoms with Crippen molar-refractivity contribution in [3.63, 3.8) is 0 Å². The van der Waals surface area contributed by atoms with Gasteiger partial charge in [0.2, 0.25) is 5.91 Å². The quantitative estimate of drug-likeness (QED) is 0.792. The monoisotopic (exact) mass is 299 g/mol. The Morgan fingerprint density at radius 3 is 2.35 bits per heavy atom. The Morgan fingerprint density at radius 1 is 1.30 bits per heavy atom. The van der Waals surface area contributed by atoms with Gasteiger partial charge in [-0.3, -0.25) is 4.79 Å². The lowest BCUT2D eigenvalue weighted by atomic mass is 9.99. The van der Waals surface area contributed by atoms with E-state index in [-0.39, 0.29) is 6.42 Å². The highest BCUT2D eigenvalue weighted by Crippen LogP contribution is 2.44. The van der Waals surface area contributed by atoms with Crippen LogP contribution in [0.4, 0.5) is 26.3 Å². The van der Waals surface area contributed by atoms with Crippen molar-refractivity contribution < 1.29 is 31.1 Å². The van der Waals surface area contributed by atoms with Crippen LogP contribution in [-0.4, -0.2) is 18.3 Å². The van der Waals surface area contributed by atoms with E-state index in [0.717, 1.165) is 6.20 Å². The average molecular weight is 299 g/mol. The molecule has 112 valence electrons. The zero-order chi connectivity index (χ0) is 15.6. The molecule has 0 aliphatic heterocycles. The van der Waals surface area contributed by atoms with E-state index in [1.54, 1.807) is 0 Å². The van der Waals surface area contributed by atoms with Crippen LogP contribution in [0.15, 0.2) is 35.6 Å². The Labute approximate surface area is 110 Å². The van der Waals surface area contributed by atoms with E-state index >= 15 is 0 Å². The number of amides is 1. The van der Waals surface area contributed by atoms with Crippen LogP contribution < -0.4 is 5.32 Å². The molecule has 0 saturated heterocycles. The molecule has 1 N–H and O–H groups in total. The standard InChI is InChI=1S/C12H11F6NO/c1-2-10(20)19-6-5-7-8(11(13,14)15)3-4-9(7)12(16,17)18/h3-6,8H,2H2,1H3,(H,19,20). The van der Waals surface area contributed by atoms with Gasteiger partial charge in [0.1, 0.15) is 0 Å². The van der Waals surface area contributed by atoms with Gasteiger partial charge in [-0.05, 0) is 11.6 Å². The van der Waals surface area contributed by atoms with Crippen molar-refractivity contribution in [2.45, 2.75) is 25.7 Å². The molecule has 0 saturated carbocycles. The Balaban J connectivity index is 3.08. The maximum Gasteiger partial charge on any atom is 0.416 e. The van der Waals surface area contributed by atoms with Gasteiger partial charge in [-0.1, -0.05) is 19.1 Å². The summed E-state index contributed by atoms with van der Waals surface area (Å²) in [4.78, 5) is 10.9. The molecule has 1 rings (SSSR count). The number of halogens is 6. The topological polar surface area (TPSA) is 29.1 Å². The fourth-order valence-corrected chi connectivity index (χ4v) is 1.62. The first-order chi connectivity index (χ1) is 9.07. The molecular weight excluding hydrogens is 288 g/mol. The molecule has 1 amide bonds. The van der Waals surface area contributed by atoms with Crippen molar-refractivity contribution in [3.05, 3.63) is 35.6 Å². The zero-order valence-corrected chi connectivity index (χ0v) is 10.3. The van der Waals surface area contributed by atoms with Gasteiger partial charge in [0.15, 0.2) is 0 Å². The van der Waals surface area contributed by atoms with E-state index in [1.807, 2.05) is 0 Å². The summed E-state index contributed by atoms with van der Waals surface area (Å²) in [5.41, 5.74) is -2.29. The molecule has 0 radical (unpaired) electrons. The van der Waals surface area contributed by atoms with Crippen molar-refractivity contribution in [3.8, 4) is 0 Å². The van der Waals surface area contributed by atoms with Crippen molar-refractivity contribution >= 4 is 5.91 Å². The number of carbonyl (C=O) groups is 1. The van der Waals surface area contributed by atoms with Gasteiger partial charge in [-0.15, -0.1) is 0 Å². The number of carbonyl (C=O) groups excluding carboxylic acids is 1. The zero-order valence-electron chi connectivity index (χ0n) is 10.3.